The van der Waals surface area contributed by atoms with Crippen LogP contribution in [0.1, 0.15) is 26.7 Å². The van der Waals surface area contributed by atoms with Gasteiger partial charge in [-0.05, 0) is 45.8 Å². The molecular formula is C10H26N2O2Si. The van der Waals surface area contributed by atoms with Crippen LogP contribution < -0.4 is 11.5 Å². The Balaban J connectivity index is 3.93. The Morgan fingerprint density at radius 1 is 1.13 bits per heavy atom. The van der Waals surface area contributed by atoms with Crippen LogP contribution in [0.5, 0.6) is 0 Å². The van der Waals surface area contributed by atoms with Crippen molar-refractivity contribution in [1.29, 1.82) is 0 Å². The molecule has 5 heteroatoms. The zero-order valence-corrected chi connectivity index (χ0v) is 11.3. The Kier molecular flexibility index (Phi) is 8.27. The summed E-state index contributed by atoms with van der Waals surface area (Å²) < 4.78 is 11.5. The molecular weight excluding hydrogens is 208 g/mol. The molecule has 0 amide bonds. The van der Waals surface area contributed by atoms with Gasteiger partial charge in [-0.25, -0.2) is 0 Å². The van der Waals surface area contributed by atoms with E-state index in [2.05, 4.69) is 6.55 Å². The van der Waals surface area contributed by atoms with Crippen molar-refractivity contribution in [2.24, 2.45) is 11.5 Å². The lowest BCUT2D eigenvalue weighted by atomic mass is 10.2. The van der Waals surface area contributed by atoms with E-state index in [0.717, 1.165) is 32.1 Å². The summed E-state index contributed by atoms with van der Waals surface area (Å²) in [4.78, 5) is 0. The SMILES string of the molecule is CCO[Si](C)(CCC(N)CCN)OCC. The van der Waals surface area contributed by atoms with E-state index < -0.39 is 8.56 Å². The van der Waals surface area contributed by atoms with Gasteiger partial charge in [0.2, 0.25) is 0 Å². The van der Waals surface area contributed by atoms with E-state index in [1.54, 1.807) is 0 Å². The van der Waals surface area contributed by atoms with E-state index in [9.17, 15) is 0 Å². The standard InChI is InChI=1S/C10H26N2O2Si/c1-4-13-15(3,14-5-2)9-7-10(12)6-8-11/h10H,4-9,11-12H2,1-3H3. The molecule has 0 aliphatic heterocycles. The molecule has 0 aromatic rings. The minimum absolute atomic E-state index is 0.183. The molecule has 15 heavy (non-hydrogen) atoms. The highest BCUT2D eigenvalue weighted by Gasteiger charge is 2.30. The molecule has 4 nitrogen and oxygen atoms in total. The molecule has 0 rings (SSSR count). The molecule has 0 radical (unpaired) electrons. The van der Waals surface area contributed by atoms with Crippen LogP contribution in [0.2, 0.25) is 12.6 Å². The predicted molar refractivity (Wildman–Crippen MR) is 65.9 cm³/mol. The monoisotopic (exact) mass is 234 g/mol. The van der Waals surface area contributed by atoms with Crippen molar-refractivity contribution in [1.82, 2.24) is 0 Å². The molecule has 0 aliphatic rings. The lowest BCUT2D eigenvalue weighted by Crippen LogP contribution is -2.40. The smallest absolute Gasteiger partial charge is 0.334 e. The summed E-state index contributed by atoms with van der Waals surface area (Å²) in [7, 11) is -1.96. The lowest BCUT2D eigenvalue weighted by Gasteiger charge is -2.27. The number of rotatable bonds is 9. The molecule has 4 N–H and O–H groups in total. The highest BCUT2D eigenvalue weighted by Crippen LogP contribution is 2.17. The molecule has 0 spiro atoms. The summed E-state index contributed by atoms with van der Waals surface area (Å²) in [5.74, 6) is 0. The van der Waals surface area contributed by atoms with Gasteiger partial charge in [0, 0.05) is 19.3 Å². The van der Waals surface area contributed by atoms with E-state index in [4.69, 9.17) is 20.3 Å². The summed E-state index contributed by atoms with van der Waals surface area (Å²) in [5, 5.41) is 0. The first-order valence-corrected chi connectivity index (χ1v) is 8.34. The van der Waals surface area contributed by atoms with Crippen LogP contribution >= 0.6 is 0 Å². The molecule has 0 saturated heterocycles. The molecule has 0 saturated carbocycles. The van der Waals surface area contributed by atoms with Crippen LogP contribution in [-0.2, 0) is 8.85 Å². The number of hydrogen-bond acceptors (Lipinski definition) is 4. The second-order valence-corrected chi connectivity index (χ2v) is 7.22. The van der Waals surface area contributed by atoms with Crippen molar-refractivity contribution in [3.8, 4) is 0 Å². The van der Waals surface area contributed by atoms with Gasteiger partial charge >= 0.3 is 8.56 Å². The minimum atomic E-state index is -1.96. The molecule has 0 aliphatic carbocycles. The molecule has 0 heterocycles. The van der Waals surface area contributed by atoms with Crippen LogP contribution in [0.15, 0.2) is 0 Å². The fourth-order valence-electron chi connectivity index (χ4n) is 1.60. The quantitative estimate of drug-likeness (QED) is 0.588. The van der Waals surface area contributed by atoms with Gasteiger partial charge in [-0.1, -0.05) is 0 Å². The van der Waals surface area contributed by atoms with Crippen molar-refractivity contribution in [3.05, 3.63) is 0 Å². The van der Waals surface area contributed by atoms with Gasteiger partial charge in [-0.2, -0.15) is 0 Å². The van der Waals surface area contributed by atoms with Gasteiger partial charge in [0.15, 0.2) is 0 Å². The molecule has 92 valence electrons. The van der Waals surface area contributed by atoms with Crippen LogP contribution in [0.25, 0.3) is 0 Å². The van der Waals surface area contributed by atoms with Crippen LogP contribution in [0.4, 0.5) is 0 Å². The zero-order chi connectivity index (χ0) is 11.7. The van der Waals surface area contributed by atoms with Gasteiger partial charge in [-0.3, -0.25) is 0 Å². The Morgan fingerprint density at radius 2 is 1.67 bits per heavy atom. The number of hydrogen-bond donors (Lipinski definition) is 2. The van der Waals surface area contributed by atoms with Crippen LogP contribution in [0.3, 0.4) is 0 Å². The topological polar surface area (TPSA) is 70.5 Å². The Labute approximate surface area is 94.6 Å². The van der Waals surface area contributed by atoms with Gasteiger partial charge in [0.25, 0.3) is 0 Å². The molecule has 0 aromatic heterocycles. The minimum Gasteiger partial charge on any atom is -0.395 e. The average molecular weight is 234 g/mol. The van der Waals surface area contributed by atoms with Gasteiger partial charge in [0.05, 0.1) is 0 Å². The molecule has 1 atom stereocenters. The third kappa shape index (κ3) is 7.02. The van der Waals surface area contributed by atoms with Crippen LogP contribution in [0, 0.1) is 0 Å². The Bertz CT molecular complexity index is 152. The third-order valence-electron chi connectivity index (χ3n) is 2.41. The maximum Gasteiger partial charge on any atom is 0.334 e. The van der Waals surface area contributed by atoms with Gasteiger partial charge < -0.3 is 20.3 Å². The highest BCUT2D eigenvalue weighted by molar-refractivity contribution is 6.66. The highest BCUT2D eigenvalue weighted by atomic mass is 28.4. The summed E-state index contributed by atoms with van der Waals surface area (Å²) >= 11 is 0. The van der Waals surface area contributed by atoms with Crippen molar-refractivity contribution >= 4 is 8.56 Å². The van der Waals surface area contributed by atoms with Crippen molar-refractivity contribution < 1.29 is 8.85 Å². The first-order chi connectivity index (χ1) is 7.08. The van der Waals surface area contributed by atoms with E-state index in [1.807, 2.05) is 13.8 Å². The fraction of sp³-hybridized carbons (Fsp3) is 1.00. The second-order valence-electron chi connectivity index (χ2n) is 3.88. The number of nitrogens with two attached hydrogens (primary N) is 2. The third-order valence-corrected chi connectivity index (χ3v) is 5.40. The van der Waals surface area contributed by atoms with Gasteiger partial charge in [0.1, 0.15) is 0 Å². The van der Waals surface area contributed by atoms with Crippen molar-refractivity contribution in [2.45, 2.75) is 45.3 Å². The zero-order valence-electron chi connectivity index (χ0n) is 10.3. The lowest BCUT2D eigenvalue weighted by molar-refractivity contribution is 0.187. The fourth-order valence-corrected chi connectivity index (χ4v) is 4.09. The van der Waals surface area contributed by atoms with E-state index >= 15 is 0 Å². The average Bonchev–Trinajstić information content (AvgIpc) is 2.16. The normalized spacial score (nSPS) is 14.2. The first-order valence-electron chi connectivity index (χ1n) is 5.81. The predicted octanol–water partition coefficient (Wildman–Crippen LogP) is 1.20. The summed E-state index contributed by atoms with van der Waals surface area (Å²) in [6.45, 7) is 8.20. The van der Waals surface area contributed by atoms with E-state index in [-0.39, 0.29) is 6.04 Å². The molecule has 0 bridgehead atoms. The molecule has 0 fully saturated rings. The van der Waals surface area contributed by atoms with Crippen molar-refractivity contribution in [2.75, 3.05) is 19.8 Å². The Morgan fingerprint density at radius 3 is 2.07 bits per heavy atom. The Hall–Kier alpha value is 0.0569. The summed E-state index contributed by atoms with van der Waals surface area (Å²) in [6.07, 6.45) is 1.82. The largest absolute Gasteiger partial charge is 0.395 e. The summed E-state index contributed by atoms with van der Waals surface area (Å²) in [5.41, 5.74) is 11.4. The van der Waals surface area contributed by atoms with E-state index in [1.165, 1.54) is 0 Å². The molecule has 0 aromatic carbocycles. The van der Waals surface area contributed by atoms with E-state index in [0.29, 0.717) is 6.54 Å². The van der Waals surface area contributed by atoms with Gasteiger partial charge in [-0.15, -0.1) is 0 Å². The maximum atomic E-state index is 5.91. The maximum absolute atomic E-state index is 5.91. The first kappa shape index (κ1) is 15.1. The van der Waals surface area contributed by atoms with Crippen LogP contribution in [-0.4, -0.2) is 34.4 Å². The van der Waals surface area contributed by atoms with Crippen molar-refractivity contribution in [3.63, 3.8) is 0 Å². The second kappa shape index (κ2) is 8.24. The summed E-state index contributed by atoms with van der Waals surface area (Å²) in [6, 6.07) is 1.14. The molecule has 1 unspecified atom stereocenters.